The highest BCUT2D eigenvalue weighted by Crippen LogP contribution is 2.31. The van der Waals surface area contributed by atoms with E-state index in [0.29, 0.717) is 23.8 Å². The number of carbonyl (C=O) groups is 1. The molecule has 4 heteroatoms. The molecular formula is C16H28N2O2. The molecule has 114 valence electrons. The zero-order chi connectivity index (χ0) is 13.9. The Kier molecular flexibility index (Phi) is 4.61. The van der Waals surface area contributed by atoms with Gasteiger partial charge in [-0.1, -0.05) is 12.8 Å². The normalized spacial score (nSPS) is 35.4. The Morgan fingerprint density at radius 3 is 2.50 bits per heavy atom. The Morgan fingerprint density at radius 2 is 1.80 bits per heavy atom. The molecule has 0 aromatic carbocycles. The summed E-state index contributed by atoms with van der Waals surface area (Å²) in [4.78, 5) is 14.6. The summed E-state index contributed by atoms with van der Waals surface area (Å²) >= 11 is 0. The van der Waals surface area contributed by atoms with E-state index in [4.69, 9.17) is 0 Å². The van der Waals surface area contributed by atoms with Crippen molar-refractivity contribution in [2.45, 2.75) is 63.5 Å². The second-order valence-electron chi connectivity index (χ2n) is 6.91. The number of nitrogens with one attached hydrogen (secondary N) is 1. The van der Waals surface area contributed by atoms with Crippen LogP contribution in [0.15, 0.2) is 0 Å². The van der Waals surface area contributed by atoms with Gasteiger partial charge >= 0.3 is 0 Å². The Bertz CT molecular complexity index is 343. The van der Waals surface area contributed by atoms with Gasteiger partial charge in [0.2, 0.25) is 5.91 Å². The molecule has 0 aromatic rings. The zero-order valence-electron chi connectivity index (χ0n) is 12.4. The van der Waals surface area contributed by atoms with Crippen molar-refractivity contribution in [1.82, 2.24) is 10.2 Å². The lowest BCUT2D eigenvalue weighted by Crippen LogP contribution is -2.53. The predicted octanol–water partition coefficient (Wildman–Crippen LogP) is 1.53. The van der Waals surface area contributed by atoms with Gasteiger partial charge in [-0.15, -0.1) is 0 Å². The minimum Gasteiger partial charge on any atom is -0.396 e. The number of hydrogen-bond donors (Lipinski definition) is 2. The fraction of sp³-hybridized carbons (Fsp3) is 0.938. The van der Waals surface area contributed by atoms with Gasteiger partial charge in [0.05, 0.1) is 6.04 Å². The van der Waals surface area contributed by atoms with Crippen LogP contribution >= 0.6 is 0 Å². The molecule has 1 heterocycles. The van der Waals surface area contributed by atoms with Crippen LogP contribution in [0.25, 0.3) is 0 Å². The first-order chi connectivity index (χ1) is 9.78. The van der Waals surface area contributed by atoms with Gasteiger partial charge in [0.1, 0.15) is 0 Å². The van der Waals surface area contributed by atoms with Crippen molar-refractivity contribution in [1.29, 1.82) is 0 Å². The fourth-order valence-corrected chi connectivity index (χ4v) is 3.86. The molecule has 3 atom stereocenters. The lowest BCUT2D eigenvalue weighted by atomic mass is 9.79. The van der Waals surface area contributed by atoms with Crippen molar-refractivity contribution in [3.63, 3.8) is 0 Å². The van der Waals surface area contributed by atoms with E-state index in [-0.39, 0.29) is 12.6 Å². The third-order valence-electron chi connectivity index (χ3n) is 5.30. The molecule has 0 bridgehead atoms. The van der Waals surface area contributed by atoms with E-state index < -0.39 is 0 Å². The fourth-order valence-electron chi connectivity index (χ4n) is 3.86. The molecule has 3 unspecified atom stereocenters. The SMILES string of the molecule is O=C1C(NC2CC2)CCCN1CC1CCCCC1CO. The Hall–Kier alpha value is -0.610. The van der Waals surface area contributed by atoms with Crippen molar-refractivity contribution in [3.8, 4) is 0 Å². The highest BCUT2D eigenvalue weighted by Gasteiger charge is 2.35. The van der Waals surface area contributed by atoms with Crippen LogP contribution in [-0.4, -0.2) is 47.7 Å². The molecule has 0 spiro atoms. The van der Waals surface area contributed by atoms with Gasteiger partial charge in [-0.2, -0.15) is 0 Å². The summed E-state index contributed by atoms with van der Waals surface area (Å²) in [6.07, 6.45) is 9.39. The number of nitrogens with zero attached hydrogens (tertiary/aromatic N) is 1. The number of amides is 1. The van der Waals surface area contributed by atoms with Gasteiger partial charge in [-0.25, -0.2) is 0 Å². The Balaban J connectivity index is 1.56. The first kappa shape index (κ1) is 14.3. The van der Waals surface area contributed by atoms with E-state index in [1.54, 1.807) is 0 Å². The van der Waals surface area contributed by atoms with Crippen molar-refractivity contribution in [3.05, 3.63) is 0 Å². The summed E-state index contributed by atoms with van der Waals surface area (Å²) in [7, 11) is 0. The largest absolute Gasteiger partial charge is 0.396 e. The molecule has 2 saturated carbocycles. The molecule has 1 aliphatic heterocycles. The van der Waals surface area contributed by atoms with Crippen LogP contribution in [0.1, 0.15) is 51.4 Å². The Morgan fingerprint density at radius 1 is 1.05 bits per heavy atom. The molecule has 0 aromatic heterocycles. The number of carbonyl (C=O) groups excluding carboxylic acids is 1. The van der Waals surface area contributed by atoms with Crippen molar-refractivity contribution < 1.29 is 9.90 Å². The minimum atomic E-state index is 0.0624. The number of aliphatic hydroxyl groups excluding tert-OH is 1. The summed E-state index contributed by atoms with van der Waals surface area (Å²) in [5, 5.41) is 13.0. The van der Waals surface area contributed by atoms with Gasteiger partial charge in [0.15, 0.2) is 0 Å². The lowest BCUT2D eigenvalue weighted by Gasteiger charge is -2.38. The highest BCUT2D eigenvalue weighted by atomic mass is 16.3. The minimum absolute atomic E-state index is 0.0624. The third-order valence-corrected chi connectivity index (χ3v) is 5.30. The first-order valence-corrected chi connectivity index (χ1v) is 8.43. The lowest BCUT2D eigenvalue weighted by molar-refractivity contribution is -0.137. The van der Waals surface area contributed by atoms with Crippen LogP contribution in [-0.2, 0) is 4.79 Å². The molecule has 3 fully saturated rings. The molecule has 4 nitrogen and oxygen atoms in total. The van der Waals surface area contributed by atoms with Crippen LogP contribution in [0.2, 0.25) is 0 Å². The average molecular weight is 280 g/mol. The second-order valence-corrected chi connectivity index (χ2v) is 6.91. The van der Waals surface area contributed by atoms with E-state index in [1.165, 1.54) is 32.1 Å². The van der Waals surface area contributed by atoms with Crippen molar-refractivity contribution >= 4 is 5.91 Å². The van der Waals surface area contributed by atoms with Crippen LogP contribution in [0.5, 0.6) is 0 Å². The summed E-state index contributed by atoms with van der Waals surface area (Å²) < 4.78 is 0. The Labute approximate surface area is 121 Å². The molecular weight excluding hydrogens is 252 g/mol. The maximum Gasteiger partial charge on any atom is 0.239 e. The average Bonchev–Trinajstić information content (AvgIpc) is 3.28. The second kappa shape index (κ2) is 6.44. The number of rotatable bonds is 5. The molecule has 0 radical (unpaired) electrons. The summed E-state index contributed by atoms with van der Waals surface area (Å²) in [5.74, 6) is 1.23. The standard InChI is InChI=1S/C16H28N2O2/c19-11-13-5-2-1-4-12(13)10-18-9-3-6-15(16(18)20)17-14-7-8-14/h12-15,17,19H,1-11H2. The van der Waals surface area contributed by atoms with Gasteiger partial charge in [-0.05, 0) is 50.4 Å². The maximum atomic E-state index is 12.6. The summed E-state index contributed by atoms with van der Waals surface area (Å²) in [5.41, 5.74) is 0. The van der Waals surface area contributed by atoms with Gasteiger partial charge < -0.3 is 15.3 Å². The number of hydrogen-bond acceptors (Lipinski definition) is 3. The third kappa shape index (κ3) is 3.34. The molecule has 2 N–H and O–H groups in total. The quantitative estimate of drug-likeness (QED) is 0.803. The van der Waals surface area contributed by atoms with E-state index in [2.05, 4.69) is 10.2 Å². The highest BCUT2D eigenvalue weighted by molar-refractivity contribution is 5.82. The van der Waals surface area contributed by atoms with Crippen LogP contribution in [0, 0.1) is 11.8 Å². The van der Waals surface area contributed by atoms with Crippen LogP contribution < -0.4 is 5.32 Å². The van der Waals surface area contributed by atoms with Crippen LogP contribution in [0.4, 0.5) is 0 Å². The van der Waals surface area contributed by atoms with Crippen molar-refractivity contribution in [2.24, 2.45) is 11.8 Å². The van der Waals surface area contributed by atoms with Crippen LogP contribution in [0.3, 0.4) is 0 Å². The van der Waals surface area contributed by atoms with Gasteiger partial charge in [0, 0.05) is 25.7 Å². The topological polar surface area (TPSA) is 52.6 Å². The van der Waals surface area contributed by atoms with E-state index in [1.807, 2.05) is 0 Å². The molecule has 3 rings (SSSR count). The zero-order valence-corrected chi connectivity index (χ0v) is 12.4. The van der Waals surface area contributed by atoms with Gasteiger partial charge in [0.25, 0.3) is 0 Å². The van der Waals surface area contributed by atoms with E-state index in [9.17, 15) is 9.90 Å². The van der Waals surface area contributed by atoms with E-state index in [0.717, 1.165) is 32.4 Å². The van der Waals surface area contributed by atoms with E-state index >= 15 is 0 Å². The maximum absolute atomic E-state index is 12.6. The summed E-state index contributed by atoms with van der Waals surface area (Å²) in [6, 6.07) is 0.663. The molecule has 1 saturated heterocycles. The molecule has 1 amide bonds. The first-order valence-electron chi connectivity index (χ1n) is 8.43. The monoisotopic (exact) mass is 280 g/mol. The number of aliphatic hydroxyl groups is 1. The van der Waals surface area contributed by atoms with Gasteiger partial charge in [-0.3, -0.25) is 4.79 Å². The molecule has 3 aliphatic rings. The molecule has 2 aliphatic carbocycles. The van der Waals surface area contributed by atoms with Crippen molar-refractivity contribution in [2.75, 3.05) is 19.7 Å². The number of likely N-dealkylation sites (tertiary alicyclic amines) is 1. The predicted molar refractivity (Wildman–Crippen MR) is 78.3 cm³/mol. The molecule has 20 heavy (non-hydrogen) atoms. The summed E-state index contributed by atoms with van der Waals surface area (Å²) in [6.45, 7) is 2.07. The number of piperidine rings is 1. The smallest absolute Gasteiger partial charge is 0.239 e.